The third kappa shape index (κ3) is 6.26. The maximum absolute atomic E-state index is 12.6. The van der Waals surface area contributed by atoms with E-state index in [1.807, 2.05) is 6.92 Å². The number of alkyl halides is 3. The molecule has 0 radical (unpaired) electrons. The van der Waals surface area contributed by atoms with E-state index >= 15 is 0 Å². The lowest BCUT2D eigenvalue weighted by molar-refractivity contribution is -0.125. The molecule has 1 aromatic rings. The van der Waals surface area contributed by atoms with Crippen molar-refractivity contribution in [2.75, 3.05) is 13.1 Å². The molecule has 0 heterocycles. The summed E-state index contributed by atoms with van der Waals surface area (Å²) in [5, 5.41) is 2.36. The molecule has 0 amide bonds. The summed E-state index contributed by atoms with van der Waals surface area (Å²) in [7, 11) is 0. The molecule has 1 nitrogen and oxygen atoms in total. The van der Waals surface area contributed by atoms with E-state index in [2.05, 4.69) is 5.32 Å². The van der Waals surface area contributed by atoms with Crippen LogP contribution < -0.4 is 5.32 Å². The second kappa shape index (κ2) is 6.00. The van der Waals surface area contributed by atoms with Gasteiger partial charge in [-0.15, -0.1) is 0 Å². The summed E-state index contributed by atoms with van der Waals surface area (Å²) in [4.78, 5) is 0. The van der Waals surface area contributed by atoms with E-state index in [-0.39, 0.29) is 18.3 Å². The lowest BCUT2D eigenvalue weighted by Crippen LogP contribution is -2.32. The Morgan fingerprint density at radius 3 is 2.29 bits per heavy atom. The summed E-state index contributed by atoms with van der Waals surface area (Å²) in [6.45, 7) is 1.17. The monoisotopic (exact) mass is 249 g/mol. The van der Waals surface area contributed by atoms with E-state index in [4.69, 9.17) is 0 Å². The van der Waals surface area contributed by atoms with Gasteiger partial charge in [0.25, 0.3) is 0 Å². The van der Waals surface area contributed by atoms with Crippen LogP contribution in [0.1, 0.15) is 12.5 Å². The van der Waals surface area contributed by atoms with Crippen molar-refractivity contribution in [2.24, 2.45) is 5.92 Å². The molecule has 0 aliphatic carbocycles. The molecule has 5 heteroatoms. The molecule has 0 saturated heterocycles. The Bertz CT molecular complexity index is 331. The molecule has 1 aromatic carbocycles. The number of hydrogen-bond donors (Lipinski definition) is 1. The van der Waals surface area contributed by atoms with Crippen molar-refractivity contribution in [3.63, 3.8) is 0 Å². The molecule has 0 aliphatic heterocycles. The quantitative estimate of drug-likeness (QED) is 0.790. The molecule has 0 fully saturated rings. The summed E-state index contributed by atoms with van der Waals surface area (Å²) in [5.74, 6) is -0.237. The van der Waals surface area contributed by atoms with Crippen LogP contribution in [0.4, 0.5) is 17.6 Å². The SMILES string of the molecule is CC(CNCC(F)(F)F)Cc1ccc(F)cc1. The standard InChI is InChI=1S/C12H15F4N/c1-9(7-17-8-12(14,15)16)6-10-2-4-11(13)5-3-10/h2-5,9,17H,6-8H2,1H3. The Hall–Kier alpha value is -1.10. The van der Waals surface area contributed by atoms with Gasteiger partial charge in [0.1, 0.15) is 5.82 Å². The van der Waals surface area contributed by atoms with Crippen LogP contribution in [0, 0.1) is 11.7 Å². The molecular weight excluding hydrogens is 234 g/mol. The van der Waals surface area contributed by atoms with Crippen LogP contribution in [0.25, 0.3) is 0 Å². The van der Waals surface area contributed by atoms with Crippen LogP contribution in [-0.4, -0.2) is 19.3 Å². The molecule has 1 unspecified atom stereocenters. The lowest BCUT2D eigenvalue weighted by Gasteiger charge is -2.14. The first kappa shape index (κ1) is 14.0. The van der Waals surface area contributed by atoms with E-state index in [9.17, 15) is 17.6 Å². The highest BCUT2D eigenvalue weighted by Crippen LogP contribution is 2.13. The van der Waals surface area contributed by atoms with Gasteiger partial charge >= 0.3 is 6.18 Å². The smallest absolute Gasteiger partial charge is 0.308 e. The van der Waals surface area contributed by atoms with Gasteiger partial charge in [0.2, 0.25) is 0 Å². The minimum Gasteiger partial charge on any atom is -0.308 e. The molecule has 0 saturated carbocycles. The summed E-state index contributed by atoms with van der Waals surface area (Å²) >= 11 is 0. The van der Waals surface area contributed by atoms with Gasteiger partial charge < -0.3 is 5.32 Å². The van der Waals surface area contributed by atoms with Crippen LogP contribution in [0.3, 0.4) is 0 Å². The molecule has 0 bridgehead atoms. The number of rotatable bonds is 5. The van der Waals surface area contributed by atoms with Crippen molar-refractivity contribution < 1.29 is 17.6 Å². The topological polar surface area (TPSA) is 12.0 Å². The van der Waals surface area contributed by atoms with E-state index in [1.165, 1.54) is 12.1 Å². The van der Waals surface area contributed by atoms with Gasteiger partial charge in [-0.3, -0.25) is 0 Å². The Morgan fingerprint density at radius 2 is 1.76 bits per heavy atom. The zero-order valence-electron chi connectivity index (χ0n) is 9.52. The average molecular weight is 249 g/mol. The highest BCUT2D eigenvalue weighted by atomic mass is 19.4. The van der Waals surface area contributed by atoms with Crippen LogP contribution in [0.5, 0.6) is 0 Å². The molecule has 0 aromatic heterocycles. The highest BCUT2D eigenvalue weighted by molar-refractivity contribution is 5.16. The van der Waals surface area contributed by atoms with Gasteiger partial charge in [0.05, 0.1) is 6.54 Å². The Morgan fingerprint density at radius 1 is 1.18 bits per heavy atom. The first-order chi connectivity index (χ1) is 7.87. The molecule has 1 N–H and O–H groups in total. The van der Waals surface area contributed by atoms with Gasteiger partial charge in [-0.25, -0.2) is 4.39 Å². The fourth-order valence-electron chi connectivity index (χ4n) is 1.56. The van der Waals surface area contributed by atoms with Crippen LogP contribution in [0.2, 0.25) is 0 Å². The number of benzene rings is 1. The lowest BCUT2D eigenvalue weighted by atomic mass is 10.0. The van der Waals surface area contributed by atoms with Crippen LogP contribution in [0.15, 0.2) is 24.3 Å². The summed E-state index contributed by atoms with van der Waals surface area (Å²) in [5.41, 5.74) is 0.924. The van der Waals surface area contributed by atoms with E-state index < -0.39 is 12.7 Å². The Kier molecular flexibility index (Phi) is 4.93. The van der Waals surface area contributed by atoms with Crippen molar-refractivity contribution in [1.29, 1.82) is 0 Å². The summed E-state index contributed by atoms with van der Waals surface area (Å²) in [6, 6.07) is 6.00. The first-order valence-corrected chi connectivity index (χ1v) is 5.39. The normalized spacial score (nSPS) is 13.7. The van der Waals surface area contributed by atoms with Crippen molar-refractivity contribution in [3.05, 3.63) is 35.6 Å². The Labute approximate surface area is 97.8 Å². The maximum Gasteiger partial charge on any atom is 0.401 e. The van der Waals surface area contributed by atoms with E-state index in [1.54, 1.807) is 12.1 Å². The van der Waals surface area contributed by atoms with E-state index in [0.717, 1.165) is 5.56 Å². The predicted molar refractivity (Wildman–Crippen MR) is 58.2 cm³/mol. The van der Waals surface area contributed by atoms with Crippen LogP contribution in [-0.2, 0) is 6.42 Å². The van der Waals surface area contributed by atoms with Gasteiger partial charge in [0, 0.05) is 0 Å². The number of nitrogens with one attached hydrogen (secondary N) is 1. The maximum atomic E-state index is 12.6. The molecule has 0 aliphatic rings. The Balaban J connectivity index is 2.30. The van der Waals surface area contributed by atoms with Crippen molar-refractivity contribution in [1.82, 2.24) is 5.32 Å². The van der Waals surface area contributed by atoms with Crippen LogP contribution >= 0.6 is 0 Å². The molecule has 1 atom stereocenters. The molecule has 96 valence electrons. The minimum atomic E-state index is -4.17. The molecular formula is C12H15F4N. The third-order valence-corrected chi connectivity index (χ3v) is 2.32. The number of hydrogen-bond acceptors (Lipinski definition) is 1. The highest BCUT2D eigenvalue weighted by Gasteiger charge is 2.26. The first-order valence-electron chi connectivity index (χ1n) is 5.39. The predicted octanol–water partition coefficient (Wildman–Crippen LogP) is 3.16. The second-order valence-electron chi connectivity index (χ2n) is 4.18. The zero-order chi connectivity index (χ0) is 12.9. The zero-order valence-corrected chi connectivity index (χ0v) is 9.52. The average Bonchev–Trinajstić information content (AvgIpc) is 2.19. The second-order valence-corrected chi connectivity index (χ2v) is 4.18. The van der Waals surface area contributed by atoms with Gasteiger partial charge in [-0.2, -0.15) is 13.2 Å². The fourth-order valence-corrected chi connectivity index (χ4v) is 1.56. The van der Waals surface area contributed by atoms with Gasteiger partial charge in [-0.05, 0) is 36.6 Å². The van der Waals surface area contributed by atoms with Gasteiger partial charge in [-0.1, -0.05) is 19.1 Å². The minimum absolute atomic E-state index is 0.0720. The molecule has 17 heavy (non-hydrogen) atoms. The molecule has 0 spiro atoms. The summed E-state index contributed by atoms with van der Waals surface area (Å²) in [6.07, 6.45) is -3.54. The fraction of sp³-hybridized carbons (Fsp3) is 0.500. The third-order valence-electron chi connectivity index (χ3n) is 2.32. The largest absolute Gasteiger partial charge is 0.401 e. The van der Waals surface area contributed by atoms with Crippen molar-refractivity contribution in [3.8, 4) is 0 Å². The van der Waals surface area contributed by atoms with Crippen molar-refractivity contribution >= 4 is 0 Å². The van der Waals surface area contributed by atoms with Gasteiger partial charge in [0.15, 0.2) is 0 Å². The van der Waals surface area contributed by atoms with Crippen molar-refractivity contribution in [2.45, 2.75) is 19.5 Å². The van der Waals surface area contributed by atoms with E-state index in [0.29, 0.717) is 6.42 Å². The number of halogens is 4. The molecule has 1 rings (SSSR count). The summed E-state index contributed by atoms with van der Waals surface area (Å²) < 4.78 is 48.2.